The summed E-state index contributed by atoms with van der Waals surface area (Å²) in [6.07, 6.45) is 10.1. The molecular weight excluding hydrogens is 462 g/mol. The maximum atomic E-state index is 14.0. The maximum Gasteiger partial charge on any atom is 0.348 e. The van der Waals surface area contributed by atoms with Gasteiger partial charge in [-0.2, -0.15) is 0 Å². The van der Waals surface area contributed by atoms with Crippen molar-refractivity contribution in [1.82, 2.24) is 9.97 Å². The third kappa shape index (κ3) is 6.02. The molecule has 0 bridgehead atoms. The first-order valence-corrected chi connectivity index (χ1v) is 13.6. The van der Waals surface area contributed by atoms with Crippen molar-refractivity contribution in [3.63, 3.8) is 0 Å². The first-order chi connectivity index (χ1) is 16.6. The second kappa shape index (κ2) is 10.6. The predicted octanol–water partition coefficient (Wildman–Crippen LogP) is 6.08. The fourth-order valence-corrected chi connectivity index (χ4v) is 6.27. The highest BCUT2D eigenvalue weighted by Gasteiger charge is 2.38. The summed E-state index contributed by atoms with van der Waals surface area (Å²) in [5.74, 6) is 0.300. The number of rotatable bonds is 6. The number of thiophene rings is 1. The molecule has 2 aliphatic carbocycles. The molecule has 0 saturated heterocycles. The summed E-state index contributed by atoms with van der Waals surface area (Å²) in [6.45, 7) is 8.49. The van der Waals surface area contributed by atoms with E-state index in [9.17, 15) is 14.7 Å². The summed E-state index contributed by atoms with van der Waals surface area (Å²) in [7, 11) is 0. The number of carbonyl (C=O) groups excluding carboxylic acids is 1. The quantitative estimate of drug-likeness (QED) is 0.517. The van der Waals surface area contributed by atoms with Gasteiger partial charge in [0.25, 0.3) is 0 Å². The van der Waals surface area contributed by atoms with Crippen LogP contribution in [0.2, 0.25) is 0 Å². The number of amides is 1. The lowest BCUT2D eigenvalue weighted by Gasteiger charge is -2.39. The van der Waals surface area contributed by atoms with E-state index in [-0.39, 0.29) is 34.3 Å². The van der Waals surface area contributed by atoms with Gasteiger partial charge < -0.3 is 14.7 Å². The van der Waals surface area contributed by atoms with Gasteiger partial charge in [0.2, 0.25) is 11.8 Å². The van der Waals surface area contributed by atoms with Crippen LogP contribution in [0.3, 0.4) is 0 Å². The molecule has 0 spiro atoms. The van der Waals surface area contributed by atoms with Crippen LogP contribution in [-0.2, 0) is 10.2 Å². The Kier molecular flexibility index (Phi) is 7.79. The van der Waals surface area contributed by atoms with Crippen LogP contribution in [0.5, 0.6) is 5.88 Å². The Hall–Kier alpha value is -2.48. The van der Waals surface area contributed by atoms with E-state index in [1.807, 2.05) is 11.0 Å². The molecule has 2 saturated carbocycles. The highest BCUT2D eigenvalue weighted by atomic mass is 32.1. The fraction of sp³-hybridized carbons (Fsp3) is 0.630. The Labute approximate surface area is 211 Å². The lowest BCUT2D eigenvalue weighted by Crippen LogP contribution is -2.47. The van der Waals surface area contributed by atoms with Gasteiger partial charge in [0.05, 0.1) is 5.69 Å². The molecule has 4 rings (SSSR count). The van der Waals surface area contributed by atoms with Crippen molar-refractivity contribution >= 4 is 28.9 Å². The van der Waals surface area contributed by atoms with E-state index in [4.69, 9.17) is 4.74 Å². The van der Waals surface area contributed by atoms with Crippen LogP contribution in [0.25, 0.3) is 0 Å². The fourth-order valence-electron chi connectivity index (χ4n) is 5.22. The van der Waals surface area contributed by atoms with E-state index in [2.05, 4.69) is 37.7 Å². The van der Waals surface area contributed by atoms with Crippen molar-refractivity contribution in [3.05, 3.63) is 34.4 Å². The van der Waals surface area contributed by atoms with E-state index in [0.717, 1.165) is 56.2 Å². The van der Waals surface area contributed by atoms with E-state index in [1.54, 1.807) is 12.3 Å². The zero-order valence-corrected chi connectivity index (χ0v) is 22.0. The number of hydrogen-bond donors (Lipinski definition) is 1. The normalized spacial score (nSPS) is 25.1. The minimum absolute atomic E-state index is 0.0280. The number of aromatic nitrogens is 2. The standard InChI is InChI=1S/C27H37N3O4S/c1-17-5-7-18(8-6-17)25(31)30(21-15-22(27(2,3)4)35-24(21)26(32)33)19-9-11-20(12-10-19)34-23-13-14-28-16-29-23/h13-20H,5-12H2,1-4H3,(H,32,33). The molecule has 2 aromatic heterocycles. The van der Waals surface area contributed by atoms with Crippen LogP contribution in [0.4, 0.5) is 5.69 Å². The molecule has 0 atom stereocenters. The molecule has 35 heavy (non-hydrogen) atoms. The van der Waals surface area contributed by atoms with E-state index >= 15 is 0 Å². The number of ether oxygens (including phenoxy) is 1. The minimum Gasteiger partial charge on any atom is -0.477 e. The van der Waals surface area contributed by atoms with Crippen molar-refractivity contribution in [1.29, 1.82) is 0 Å². The monoisotopic (exact) mass is 499 g/mol. The maximum absolute atomic E-state index is 14.0. The van der Waals surface area contributed by atoms with Gasteiger partial charge in [0, 0.05) is 29.1 Å². The first-order valence-electron chi connectivity index (χ1n) is 12.8. The predicted molar refractivity (Wildman–Crippen MR) is 137 cm³/mol. The van der Waals surface area contributed by atoms with E-state index < -0.39 is 5.97 Å². The second-order valence-electron chi connectivity index (χ2n) is 11.1. The lowest BCUT2D eigenvalue weighted by atomic mass is 9.81. The Bertz CT molecular complexity index is 1020. The lowest BCUT2D eigenvalue weighted by molar-refractivity contribution is -0.124. The van der Waals surface area contributed by atoms with Gasteiger partial charge in [-0.1, -0.05) is 27.7 Å². The highest BCUT2D eigenvalue weighted by molar-refractivity contribution is 7.14. The van der Waals surface area contributed by atoms with Gasteiger partial charge in [0.15, 0.2) is 0 Å². The Morgan fingerprint density at radius 3 is 2.34 bits per heavy atom. The van der Waals surface area contributed by atoms with Gasteiger partial charge in [0.1, 0.15) is 17.3 Å². The SMILES string of the molecule is CC1CCC(C(=O)N(c2cc(C(C)(C)C)sc2C(=O)O)C2CCC(Oc3ccncn3)CC2)CC1. The molecule has 8 heteroatoms. The average molecular weight is 500 g/mol. The number of carbonyl (C=O) groups is 2. The molecular formula is C27H37N3O4S. The number of carboxylic acid groups (broad SMARTS) is 1. The molecule has 2 fully saturated rings. The Morgan fingerprint density at radius 2 is 1.77 bits per heavy atom. The number of carboxylic acids is 1. The van der Waals surface area contributed by atoms with Crippen molar-refractivity contribution in [2.24, 2.45) is 11.8 Å². The molecule has 1 amide bonds. The molecule has 190 valence electrons. The summed E-state index contributed by atoms with van der Waals surface area (Å²) in [4.78, 5) is 37.5. The zero-order valence-electron chi connectivity index (χ0n) is 21.2. The number of nitrogens with zero attached hydrogens (tertiary/aromatic N) is 3. The zero-order chi connectivity index (χ0) is 25.2. The molecule has 2 heterocycles. The van der Waals surface area contributed by atoms with Gasteiger partial charge in [-0.05, 0) is 68.8 Å². The molecule has 2 aromatic rings. The van der Waals surface area contributed by atoms with E-state index in [0.29, 0.717) is 17.5 Å². The summed E-state index contributed by atoms with van der Waals surface area (Å²) in [5, 5.41) is 10.1. The molecule has 7 nitrogen and oxygen atoms in total. The smallest absolute Gasteiger partial charge is 0.348 e. The highest BCUT2D eigenvalue weighted by Crippen LogP contribution is 2.42. The number of hydrogen-bond acceptors (Lipinski definition) is 6. The van der Waals surface area contributed by atoms with Crippen LogP contribution < -0.4 is 9.64 Å². The average Bonchev–Trinajstić information content (AvgIpc) is 3.27. The number of anilines is 1. The Balaban J connectivity index is 1.60. The van der Waals surface area contributed by atoms with Crippen molar-refractivity contribution in [2.75, 3.05) is 4.90 Å². The minimum atomic E-state index is -0.962. The van der Waals surface area contributed by atoms with Crippen LogP contribution in [0, 0.1) is 11.8 Å². The topological polar surface area (TPSA) is 92.6 Å². The van der Waals surface area contributed by atoms with Crippen LogP contribution in [-0.4, -0.2) is 39.1 Å². The third-order valence-corrected chi connectivity index (χ3v) is 8.90. The van der Waals surface area contributed by atoms with Crippen LogP contribution in [0.1, 0.15) is 93.6 Å². The summed E-state index contributed by atoms with van der Waals surface area (Å²) < 4.78 is 6.04. The van der Waals surface area contributed by atoms with Gasteiger partial charge in [-0.15, -0.1) is 11.3 Å². The molecule has 0 unspecified atom stereocenters. The van der Waals surface area contributed by atoms with Gasteiger partial charge >= 0.3 is 5.97 Å². The molecule has 0 aromatic carbocycles. The first kappa shape index (κ1) is 25.6. The van der Waals surface area contributed by atoms with Gasteiger partial charge in [-0.25, -0.2) is 14.8 Å². The molecule has 2 aliphatic rings. The molecule has 0 radical (unpaired) electrons. The van der Waals surface area contributed by atoms with Crippen molar-refractivity contribution in [2.45, 2.75) is 96.6 Å². The van der Waals surface area contributed by atoms with Crippen LogP contribution >= 0.6 is 11.3 Å². The number of aromatic carboxylic acids is 1. The summed E-state index contributed by atoms with van der Waals surface area (Å²) >= 11 is 1.30. The summed E-state index contributed by atoms with van der Waals surface area (Å²) in [6, 6.07) is 3.68. The molecule has 1 N–H and O–H groups in total. The van der Waals surface area contributed by atoms with E-state index in [1.165, 1.54) is 17.7 Å². The van der Waals surface area contributed by atoms with Crippen molar-refractivity contribution in [3.8, 4) is 5.88 Å². The van der Waals surface area contributed by atoms with Crippen LogP contribution in [0.15, 0.2) is 24.7 Å². The van der Waals surface area contributed by atoms with Crippen molar-refractivity contribution < 1.29 is 19.4 Å². The van der Waals surface area contributed by atoms with Gasteiger partial charge in [-0.3, -0.25) is 4.79 Å². The summed E-state index contributed by atoms with van der Waals surface area (Å²) in [5.41, 5.74) is 0.390. The molecule has 0 aliphatic heterocycles. The second-order valence-corrected chi connectivity index (χ2v) is 12.2. The third-order valence-electron chi connectivity index (χ3n) is 7.36. The Morgan fingerprint density at radius 1 is 1.09 bits per heavy atom. The largest absolute Gasteiger partial charge is 0.477 e.